The van der Waals surface area contributed by atoms with Gasteiger partial charge < -0.3 is 15.3 Å². The first-order chi connectivity index (χ1) is 14.0. The second kappa shape index (κ2) is 9.30. The number of hydrogen-bond acceptors (Lipinski definition) is 3. The first-order valence-electron chi connectivity index (χ1n) is 12.2. The Labute approximate surface area is 184 Å². The maximum Gasteiger partial charge on any atom is 0.0849 e. The maximum atomic E-state index is 10.3. The van der Waals surface area contributed by atoms with E-state index >= 15 is 0 Å². The molecule has 3 heteroatoms. The lowest BCUT2D eigenvalue weighted by atomic mass is 9.60. The fourth-order valence-corrected chi connectivity index (χ4v) is 6.58. The topological polar surface area (TPSA) is 60.7 Å². The fourth-order valence-electron chi connectivity index (χ4n) is 6.58. The van der Waals surface area contributed by atoms with Crippen LogP contribution in [0.2, 0.25) is 0 Å². The van der Waals surface area contributed by atoms with E-state index in [2.05, 4.69) is 32.6 Å². The van der Waals surface area contributed by atoms with Gasteiger partial charge in [0.1, 0.15) is 0 Å². The van der Waals surface area contributed by atoms with E-state index in [0.29, 0.717) is 29.6 Å². The fraction of sp³-hybridized carbons (Fsp3) is 0.778. The Morgan fingerprint density at radius 3 is 2.60 bits per heavy atom. The summed E-state index contributed by atoms with van der Waals surface area (Å²) in [6.45, 7) is 12.5. The molecule has 3 saturated carbocycles. The molecule has 0 aromatic heterocycles. The smallest absolute Gasteiger partial charge is 0.0849 e. The van der Waals surface area contributed by atoms with Gasteiger partial charge in [-0.15, -0.1) is 0 Å². The summed E-state index contributed by atoms with van der Waals surface area (Å²) in [5, 5.41) is 30.3. The average Bonchev–Trinajstić information content (AvgIpc) is 3.03. The van der Waals surface area contributed by atoms with E-state index in [0.717, 1.165) is 25.7 Å². The van der Waals surface area contributed by atoms with Crippen molar-refractivity contribution in [3.8, 4) is 0 Å². The van der Waals surface area contributed by atoms with Gasteiger partial charge in [-0.25, -0.2) is 0 Å². The highest BCUT2D eigenvalue weighted by molar-refractivity contribution is 5.36. The van der Waals surface area contributed by atoms with Crippen LogP contribution in [0, 0.1) is 23.2 Å². The highest BCUT2D eigenvalue weighted by Gasteiger charge is 2.50. The summed E-state index contributed by atoms with van der Waals surface area (Å²) in [6.07, 6.45) is 14.1. The van der Waals surface area contributed by atoms with Crippen LogP contribution in [0.4, 0.5) is 0 Å². The van der Waals surface area contributed by atoms with Gasteiger partial charge in [0.15, 0.2) is 0 Å². The minimum Gasteiger partial charge on any atom is -0.393 e. The van der Waals surface area contributed by atoms with Crippen molar-refractivity contribution >= 4 is 0 Å². The number of fused-ring (bicyclic) bond motifs is 1. The summed E-state index contributed by atoms with van der Waals surface area (Å²) in [6, 6.07) is 0. The van der Waals surface area contributed by atoms with Crippen molar-refractivity contribution in [1.29, 1.82) is 0 Å². The van der Waals surface area contributed by atoms with Crippen molar-refractivity contribution in [3.05, 3.63) is 35.5 Å². The van der Waals surface area contributed by atoms with Crippen LogP contribution in [0.1, 0.15) is 91.9 Å². The number of allylic oxidation sites excluding steroid dienone is 4. The molecule has 0 aromatic carbocycles. The Hall–Kier alpha value is -0.900. The Balaban J connectivity index is 1.69. The molecular weight excluding hydrogens is 372 g/mol. The Morgan fingerprint density at radius 1 is 1.17 bits per heavy atom. The number of rotatable bonds is 6. The molecule has 3 fully saturated rings. The summed E-state index contributed by atoms with van der Waals surface area (Å²) in [7, 11) is 0. The minimum absolute atomic E-state index is 0.215. The molecule has 0 radical (unpaired) electrons. The lowest BCUT2D eigenvalue weighted by Crippen LogP contribution is -2.38. The third-order valence-corrected chi connectivity index (χ3v) is 8.62. The van der Waals surface area contributed by atoms with E-state index in [-0.39, 0.29) is 6.10 Å². The maximum absolute atomic E-state index is 10.3. The highest BCUT2D eigenvalue weighted by atomic mass is 16.3. The van der Waals surface area contributed by atoms with Crippen LogP contribution in [0.25, 0.3) is 0 Å². The van der Waals surface area contributed by atoms with Crippen LogP contribution in [0.3, 0.4) is 0 Å². The van der Waals surface area contributed by atoms with Gasteiger partial charge in [-0.05, 0) is 107 Å². The van der Waals surface area contributed by atoms with Crippen LogP contribution >= 0.6 is 0 Å². The van der Waals surface area contributed by atoms with E-state index in [1.807, 2.05) is 0 Å². The van der Waals surface area contributed by atoms with Crippen LogP contribution in [0.5, 0.6) is 0 Å². The first-order valence-corrected chi connectivity index (χ1v) is 12.2. The van der Waals surface area contributed by atoms with Crippen LogP contribution in [-0.4, -0.2) is 33.1 Å². The van der Waals surface area contributed by atoms with E-state index < -0.39 is 11.7 Å². The van der Waals surface area contributed by atoms with Crippen molar-refractivity contribution in [2.75, 3.05) is 0 Å². The van der Waals surface area contributed by atoms with Gasteiger partial charge in [-0.2, -0.15) is 0 Å². The van der Waals surface area contributed by atoms with Gasteiger partial charge in [0.25, 0.3) is 0 Å². The zero-order valence-corrected chi connectivity index (χ0v) is 19.7. The molecule has 0 aliphatic heterocycles. The molecule has 0 heterocycles. The molecular formula is C27H44O3. The predicted octanol–water partition coefficient (Wildman–Crippen LogP) is 5.70. The lowest BCUT2D eigenvalue weighted by Gasteiger charge is -2.44. The highest BCUT2D eigenvalue weighted by Crippen LogP contribution is 2.60. The average molecular weight is 417 g/mol. The molecule has 30 heavy (non-hydrogen) atoms. The van der Waals surface area contributed by atoms with Crippen molar-refractivity contribution in [2.24, 2.45) is 23.2 Å². The molecule has 0 aromatic rings. The second-order valence-corrected chi connectivity index (χ2v) is 11.3. The summed E-state index contributed by atoms with van der Waals surface area (Å²) in [4.78, 5) is 0. The van der Waals surface area contributed by atoms with Gasteiger partial charge in [0, 0.05) is 0 Å². The molecule has 3 N–H and O–H groups in total. The normalized spacial score (nSPS) is 37.4. The number of hydrogen-bond donors (Lipinski definition) is 3. The molecule has 3 aliphatic carbocycles. The third-order valence-electron chi connectivity index (χ3n) is 8.62. The molecule has 0 amide bonds. The van der Waals surface area contributed by atoms with Crippen LogP contribution in [0.15, 0.2) is 35.5 Å². The van der Waals surface area contributed by atoms with Gasteiger partial charge in [0.2, 0.25) is 0 Å². The van der Waals surface area contributed by atoms with E-state index in [1.54, 1.807) is 19.4 Å². The SMILES string of the molecule is C=C1CC[C@H](O)C/C1=C\C=C1\CCC[C@]2(C)[C@@H]([C@H](C)CC[C@@H](O)C(C)(C)O)CC[C@@H]12. The van der Waals surface area contributed by atoms with Gasteiger partial charge >= 0.3 is 0 Å². The van der Waals surface area contributed by atoms with Crippen LogP contribution < -0.4 is 0 Å². The van der Waals surface area contributed by atoms with Crippen molar-refractivity contribution < 1.29 is 15.3 Å². The monoisotopic (exact) mass is 416 g/mol. The first kappa shape index (κ1) is 23.8. The largest absolute Gasteiger partial charge is 0.393 e. The number of aliphatic hydroxyl groups is 3. The zero-order valence-electron chi connectivity index (χ0n) is 19.7. The van der Waals surface area contributed by atoms with Crippen molar-refractivity contribution in [1.82, 2.24) is 0 Å². The Bertz CT molecular complexity index is 683. The summed E-state index contributed by atoms with van der Waals surface area (Å²) < 4.78 is 0. The summed E-state index contributed by atoms with van der Waals surface area (Å²) in [5.41, 5.74) is 3.34. The Morgan fingerprint density at radius 2 is 1.90 bits per heavy atom. The quantitative estimate of drug-likeness (QED) is 0.520. The molecule has 6 atom stereocenters. The van der Waals surface area contributed by atoms with E-state index in [4.69, 9.17) is 0 Å². The van der Waals surface area contributed by atoms with E-state index in [1.165, 1.54) is 43.3 Å². The number of aliphatic hydroxyl groups excluding tert-OH is 2. The van der Waals surface area contributed by atoms with Crippen LogP contribution in [-0.2, 0) is 0 Å². The van der Waals surface area contributed by atoms with Crippen molar-refractivity contribution in [2.45, 2.75) is 110 Å². The molecule has 3 rings (SSSR count). The van der Waals surface area contributed by atoms with Gasteiger partial charge in [0.05, 0.1) is 17.8 Å². The molecule has 0 bridgehead atoms. The minimum atomic E-state index is -1.02. The molecule has 0 unspecified atom stereocenters. The second-order valence-electron chi connectivity index (χ2n) is 11.3. The van der Waals surface area contributed by atoms with E-state index in [9.17, 15) is 15.3 Å². The lowest BCUT2D eigenvalue weighted by molar-refractivity contribution is -0.0554. The Kier molecular flexibility index (Phi) is 7.37. The zero-order chi connectivity index (χ0) is 22.1. The van der Waals surface area contributed by atoms with Crippen molar-refractivity contribution in [3.63, 3.8) is 0 Å². The van der Waals surface area contributed by atoms with Gasteiger partial charge in [-0.3, -0.25) is 0 Å². The van der Waals surface area contributed by atoms with Gasteiger partial charge in [-0.1, -0.05) is 43.7 Å². The molecule has 0 spiro atoms. The molecule has 170 valence electrons. The standard InChI is InChI=1S/C27H44O3/c1-18-8-12-22(28)17-21(18)11-10-20-7-6-16-27(5)23(13-14-24(20)27)19(2)9-15-25(29)26(3,4)30/h10-11,19,22-25,28-30H,1,6-9,12-17H2,2-5H3/b20-10-,21-11+/t19-,22+,23-,24+,25-,27-/m1/s1. The molecule has 3 aliphatic rings. The molecule has 3 nitrogen and oxygen atoms in total. The summed E-state index contributed by atoms with van der Waals surface area (Å²) >= 11 is 0. The third kappa shape index (κ3) is 5.11. The summed E-state index contributed by atoms with van der Waals surface area (Å²) in [5.74, 6) is 1.89. The molecule has 0 saturated heterocycles. The predicted molar refractivity (Wildman–Crippen MR) is 124 cm³/mol.